The number of hydrogen-bond donors (Lipinski definition) is 2. The summed E-state index contributed by atoms with van der Waals surface area (Å²) in [4.78, 5) is 17.3. The summed E-state index contributed by atoms with van der Waals surface area (Å²) in [6.07, 6.45) is 2.64. The number of nitro benzene ring substituents is 1. The fraction of sp³-hybridized carbons (Fsp3) is 0.185. The molecule has 0 amide bonds. The molecule has 0 bridgehead atoms. The van der Waals surface area contributed by atoms with Gasteiger partial charge in [0, 0.05) is 42.7 Å². The van der Waals surface area contributed by atoms with Crippen LogP contribution in [-0.2, 0) is 0 Å². The van der Waals surface area contributed by atoms with Crippen LogP contribution in [0, 0.1) is 10.1 Å². The Morgan fingerprint density at radius 3 is 2.53 bits per heavy atom. The number of non-ortho nitro benzene ring substituents is 1. The maximum atomic E-state index is 11.0. The van der Waals surface area contributed by atoms with Crippen molar-refractivity contribution in [2.75, 3.05) is 18.4 Å². The molecule has 0 saturated carbocycles. The molecule has 1 saturated heterocycles. The molecule has 1 aliphatic heterocycles. The van der Waals surface area contributed by atoms with Crippen LogP contribution in [0.5, 0.6) is 0 Å². The topological polar surface area (TPSA) is 96.5 Å². The minimum absolute atomic E-state index is 0.0429. The van der Waals surface area contributed by atoms with Crippen molar-refractivity contribution >= 4 is 28.7 Å². The Bertz CT molecular complexity index is 1330. The Balaban J connectivity index is 1.37. The van der Waals surface area contributed by atoms with Crippen LogP contribution in [-0.4, -0.2) is 33.0 Å². The van der Waals surface area contributed by atoms with Crippen molar-refractivity contribution in [1.29, 1.82) is 0 Å². The molecule has 2 aromatic heterocycles. The summed E-state index contributed by atoms with van der Waals surface area (Å²) in [6.45, 7) is 1.53. The normalized spacial score (nSPS) is 17.1. The Morgan fingerprint density at radius 2 is 1.81 bits per heavy atom. The molecule has 0 unspecified atom stereocenters. The van der Waals surface area contributed by atoms with E-state index in [1.165, 1.54) is 12.1 Å². The van der Waals surface area contributed by atoms with E-state index in [9.17, 15) is 10.1 Å². The molecule has 36 heavy (non-hydrogen) atoms. The number of thiocarbonyl (C=S) groups is 1. The van der Waals surface area contributed by atoms with Crippen molar-refractivity contribution in [1.82, 2.24) is 15.2 Å². The quantitative estimate of drug-likeness (QED) is 0.131. The third-order valence-corrected chi connectivity index (χ3v) is 6.51. The number of furan rings is 1. The number of para-hydroxylation sites is 1. The van der Waals surface area contributed by atoms with E-state index < -0.39 is 4.92 Å². The van der Waals surface area contributed by atoms with Crippen molar-refractivity contribution in [3.63, 3.8) is 0 Å². The number of aromatic nitrogens is 1. The molecule has 5 rings (SSSR count). The van der Waals surface area contributed by atoms with E-state index in [0.717, 1.165) is 42.2 Å². The van der Waals surface area contributed by atoms with E-state index in [2.05, 4.69) is 20.5 Å². The van der Waals surface area contributed by atoms with Gasteiger partial charge in [0.25, 0.3) is 5.69 Å². The van der Waals surface area contributed by atoms with Crippen LogP contribution in [0.25, 0.3) is 11.3 Å². The van der Waals surface area contributed by atoms with Gasteiger partial charge in [0.2, 0.25) is 0 Å². The van der Waals surface area contributed by atoms with E-state index in [-0.39, 0.29) is 17.8 Å². The van der Waals surface area contributed by atoms with Gasteiger partial charge in [0.1, 0.15) is 17.6 Å². The van der Waals surface area contributed by atoms with Crippen molar-refractivity contribution in [3.8, 4) is 11.3 Å². The monoisotopic (exact) mass is 499 g/mol. The van der Waals surface area contributed by atoms with Crippen LogP contribution in [0.15, 0.2) is 95.5 Å². The number of nitrogens with one attached hydrogen (secondary N) is 2. The smallest absolute Gasteiger partial charge is 0.269 e. The van der Waals surface area contributed by atoms with Gasteiger partial charge in [-0.3, -0.25) is 15.1 Å². The van der Waals surface area contributed by atoms with Gasteiger partial charge < -0.3 is 20.0 Å². The standard InChI is InChI=1S/C27H25N5O3S/c33-32(34)21-12-10-19(11-13-21)23-14-15-24(35-23)26-25(22-9-4-5-16-29-22)30-27(36)31(26)18-6-17-28-20-7-2-1-3-8-20/h1-5,7-16,25-26,28H,6,17-18H2,(H,30,36)/t25-,26+/m1/s1. The maximum Gasteiger partial charge on any atom is 0.269 e. The fourth-order valence-corrected chi connectivity index (χ4v) is 4.74. The van der Waals surface area contributed by atoms with Gasteiger partial charge in [-0.25, -0.2) is 0 Å². The number of rotatable bonds is 9. The number of hydrogen-bond acceptors (Lipinski definition) is 6. The lowest BCUT2D eigenvalue weighted by molar-refractivity contribution is -0.384. The van der Waals surface area contributed by atoms with Crippen LogP contribution < -0.4 is 10.6 Å². The number of pyridine rings is 1. The Morgan fingerprint density at radius 1 is 1.03 bits per heavy atom. The minimum Gasteiger partial charge on any atom is -0.459 e. The second kappa shape index (κ2) is 10.6. The van der Waals surface area contributed by atoms with E-state index >= 15 is 0 Å². The van der Waals surface area contributed by atoms with E-state index in [1.807, 2.05) is 60.7 Å². The van der Waals surface area contributed by atoms with Crippen LogP contribution in [0.1, 0.15) is 30.0 Å². The maximum absolute atomic E-state index is 11.0. The lowest BCUT2D eigenvalue weighted by atomic mass is 10.0. The van der Waals surface area contributed by atoms with Gasteiger partial charge in [0.05, 0.1) is 16.7 Å². The third-order valence-electron chi connectivity index (χ3n) is 6.16. The van der Waals surface area contributed by atoms with E-state index in [4.69, 9.17) is 16.6 Å². The number of benzene rings is 2. The van der Waals surface area contributed by atoms with Crippen LogP contribution in [0.2, 0.25) is 0 Å². The van der Waals surface area contributed by atoms with Crippen molar-refractivity contribution in [2.45, 2.75) is 18.5 Å². The zero-order valence-corrected chi connectivity index (χ0v) is 20.2. The summed E-state index contributed by atoms with van der Waals surface area (Å²) in [6, 6.07) is 25.8. The van der Waals surface area contributed by atoms with Gasteiger partial charge in [-0.2, -0.15) is 0 Å². The van der Waals surface area contributed by atoms with Gasteiger partial charge >= 0.3 is 0 Å². The Kier molecular flexibility index (Phi) is 6.90. The van der Waals surface area contributed by atoms with Gasteiger partial charge in [0.15, 0.2) is 5.11 Å². The minimum atomic E-state index is -0.412. The number of nitro groups is 1. The predicted molar refractivity (Wildman–Crippen MR) is 143 cm³/mol. The van der Waals surface area contributed by atoms with Crippen molar-refractivity contribution < 1.29 is 9.34 Å². The SMILES string of the molecule is O=[N+]([O-])c1ccc(-c2ccc([C@H]3[C@@H](c4ccccn4)NC(=S)N3CCCNc3ccccc3)o2)cc1. The van der Waals surface area contributed by atoms with Gasteiger partial charge in [-0.05, 0) is 67.2 Å². The molecule has 0 aliphatic carbocycles. The summed E-state index contributed by atoms with van der Waals surface area (Å²) in [5.41, 5.74) is 2.78. The first-order valence-corrected chi connectivity index (χ1v) is 12.1. The molecule has 9 heteroatoms. The average molecular weight is 500 g/mol. The fourth-order valence-electron chi connectivity index (χ4n) is 4.41. The summed E-state index contributed by atoms with van der Waals surface area (Å²) >= 11 is 5.74. The van der Waals surface area contributed by atoms with Gasteiger partial charge in [-0.1, -0.05) is 24.3 Å². The molecule has 3 heterocycles. The molecular weight excluding hydrogens is 474 g/mol. The molecule has 1 aliphatic rings. The summed E-state index contributed by atoms with van der Waals surface area (Å²) in [5.74, 6) is 1.39. The summed E-state index contributed by atoms with van der Waals surface area (Å²) < 4.78 is 6.31. The average Bonchev–Trinajstić information content (AvgIpc) is 3.52. The van der Waals surface area contributed by atoms with E-state index in [1.54, 1.807) is 18.3 Å². The second-order valence-corrected chi connectivity index (χ2v) is 8.86. The zero-order chi connectivity index (χ0) is 24.9. The predicted octanol–water partition coefficient (Wildman–Crippen LogP) is 5.72. The molecule has 2 atom stereocenters. The molecule has 1 fully saturated rings. The molecule has 0 radical (unpaired) electrons. The largest absolute Gasteiger partial charge is 0.459 e. The molecular formula is C27H25N5O3S. The second-order valence-electron chi connectivity index (χ2n) is 8.47. The first-order valence-electron chi connectivity index (χ1n) is 11.7. The molecule has 182 valence electrons. The van der Waals surface area contributed by atoms with Crippen molar-refractivity contribution in [2.24, 2.45) is 0 Å². The van der Waals surface area contributed by atoms with E-state index in [0.29, 0.717) is 10.9 Å². The van der Waals surface area contributed by atoms with Crippen LogP contribution in [0.4, 0.5) is 11.4 Å². The van der Waals surface area contributed by atoms with Crippen molar-refractivity contribution in [3.05, 3.63) is 113 Å². The highest BCUT2D eigenvalue weighted by Crippen LogP contribution is 2.40. The Hall–Kier alpha value is -4.24. The first kappa shape index (κ1) is 23.5. The highest BCUT2D eigenvalue weighted by molar-refractivity contribution is 7.80. The summed E-state index contributed by atoms with van der Waals surface area (Å²) in [5, 5.41) is 18.5. The van der Waals surface area contributed by atoms with Crippen LogP contribution in [0.3, 0.4) is 0 Å². The lowest BCUT2D eigenvalue weighted by Gasteiger charge is -2.26. The summed E-state index contributed by atoms with van der Waals surface area (Å²) in [7, 11) is 0. The molecule has 2 N–H and O–H groups in total. The number of anilines is 1. The molecule has 2 aromatic carbocycles. The molecule has 0 spiro atoms. The third kappa shape index (κ3) is 5.06. The highest BCUT2D eigenvalue weighted by Gasteiger charge is 2.41. The van der Waals surface area contributed by atoms with Gasteiger partial charge in [-0.15, -0.1) is 0 Å². The Labute approximate surface area is 214 Å². The zero-order valence-electron chi connectivity index (χ0n) is 19.4. The molecule has 8 nitrogen and oxygen atoms in total. The number of nitrogens with zero attached hydrogens (tertiary/aromatic N) is 3. The lowest BCUT2D eigenvalue weighted by Crippen LogP contribution is -2.31. The van der Waals surface area contributed by atoms with Crippen LogP contribution >= 0.6 is 12.2 Å². The molecule has 4 aromatic rings. The first-order chi connectivity index (χ1) is 17.6. The highest BCUT2D eigenvalue weighted by atomic mass is 32.1.